The van der Waals surface area contributed by atoms with Gasteiger partial charge in [0.15, 0.2) is 0 Å². The molecule has 0 saturated heterocycles. The second kappa shape index (κ2) is 5.69. The maximum Gasteiger partial charge on any atom is 0.335 e. The van der Waals surface area contributed by atoms with Crippen LogP contribution in [0.2, 0.25) is 0 Å². The van der Waals surface area contributed by atoms with Crippen LogP contribution in [-0.4, -0.2) is 46.7 Å². The SMILES string of the molecule is CN(C1CCCC1)C(C(=O)O)C(=O)OC(C)(C)C. The Balaban J connectivity index is 2.75. The van der Waals surface area contributed by atoms with Gasteiger partial charge in [0.2, 0.25) is 6.04 Å². The molecule has 18 heavy (non-hydrogen) atoms. The minimum Gasteiger partial charge on any atom is -0.480 e. The van der Waals surface area contributed by atoms with Gasteiger partial charge in [-0.2, -0.15) is 0 Å². The van der Waals surface area contributed by atoms with Crippen LogP contribution in [0.3, 0.4) is 0 Å². The van der Waals surface area contributed by atoms with Gasteiger partial charge >= 0.3 is 11.9 Å². The highest BCUT2D eigenvalue weighted by atomic mass is 16.6. The molecule has 0 heterocycles. The molecule has 1 aliphatic rings. The first-order chi connectivity index (χ1) is 8.22. The first-order valence-electron chi connectivity index (χ1n) is 6.40. The monoisotopic (exact) mass is 257 g/mol. The Kier molecular flexibility index (Phi) is 4.73. The van der Waals surface area contributed by atoms with Crippen LogP contribution < -0.4 is 0 Å². The summed E-state index contributed by atoms with van der Waals surface area (Å²) in [6.45, 7) is 5.21. The van der Waals surface area contributed by atoms with Gasteiger partial charge in [-0.1, -0.05) is 12.8 Å². The predicted molar refractivity (Wildman–Crippen MR) is 67.3 cm³/mol. The smallest absolute Gasteiger partial charge is 0.335 e. The van der Waals surface area contributed by atoms with Crippen molar-refractivity contribution in [3.8, 4) is 0 Å². The molecule has 1 aliphatic carbocycles. The summed E-state index contributed by atoms with van der Waals surface area (Å²) in [6, 6.07) is -1.04. The molecule has 0 spiro atoms. The highest BCUT2D eigenvalue weighted by Gasteiger charge is 2.38. The van der Waals surface area contributed by atoms with Crippen molar-refractivity contribution in [2.75, 3.05) is 7.05 Å². The minimum atomic E-state index is -1.20. The number of hydrogen-bond donors (Lipinski definition) is 1. The topological polar surface area (TPSA) is 66.8 Å². The van der Waals surface area contributed by atoms with Crippen molar-refractivity contribution >= 4 is 11.9 Å². The van der Waals surface area contributed by atoms with Crippen molar-refractivity contribution in [3.05, 3.63) is 0 Å². The van der Waals surface area contributed by atoms with Gasteiger partial charge in [0, 0.05) is 6.04 Å². The van der Waals surface area contributed by atoms with E-state index in [-0.39, 0.29) is 6.04 Å². The number of esters is 1. The third-order valence-corrected chi connectivity index (χ3v) is 3.17. The summed E-state index contributed by atoms with van der Waals surface area (Å²) in [5, 5.41) is 9.23. The Hall–Kier alpha value is -1.10. The Morgan fingerprint density at radius 1 is 1.28 bits per heavy atom. The number of aliphatic carboxylic acids is 1. The Morgan fingerprint density at radius 3 is 2.17 bits per heavy atom. The lowest BCUT2D eigenvalue weighted by Crippen LogP contribution is -2.50. The molecular formula is C13H23NO4. The van der Waals surface area contributed by atoms with Crippen molar-refractivity contribution in [2.45, 2.75) is 64.1 Å². The van der Waals surface area contributed by atoms with Crippen LogP contribution >= 0.6 is 0 Å². The summed E-state index contributed by atoms with van der Waals surface area (Å²) in [5.74, 6) is -1.82. The molecule has 1 N–H and O–H groups in total. The number of hydrogen-bond acceptors (Lipinski definition) is 4. The van der Waals surface area contributed by atoms with E-state index in [0.717, 1.165) is 25.7 Å². The van der Waals surface area contributed by atoms with Crippen molar-refractivity contribution in [2.24, 2.45) is 0 Å². The van der Waals surface area contributed by atoms with E-state index in [1.54, 1.807) is 32.7 Å². The molecular weight excluding hydrogens is 234 g/mol. The van der Waals surface area contributed by atoms with Gasteiger partial charge in [-0.15, -0.1) is 0 Å². The van der Waals surface area contributed by atoms with Crippen LogP contribution in [0.4, 0.5) is 0 Å². The zero-order chi connectivity index (χ0) is 13.9. The van der Waals surface area contributed by atoms with E-state index in [1.807, 2.05) is 0 Å². The Morgan fingerprint density at radius 2 is 1.78 bits per heavy atom. The second-order valence-corrected chi connectivity index (χ2v) is 5.88. The van der Waals surface area contributed by atoms with E-state index in [4.69, 9.17) is 4.74 Å². The molecule has 5 heteroatoms. The number of rotatable bonds is 4. The van der Waals surface area contributed by atoms with E-state index >= 15 is 0 Å². The summed E-state index contributed by atoms with van der Waals surface area (Å²) in [7, 11) is 1.69. The van der Waals surface area contributed by atoms with Crippen molar-refractivity contribution < 1.29 is 19.4 Å². The average Bonchev–Trinajstić information content (AvgIpc) is 2.65. The summed E-state index contributed by atoms with van der Waals surface area (Å²) in [4.78, 5) is 24.9. The fourth-order valence-corrected chi connectivity index (χ4v) is 2.32. The molecule has 0 aromatic rings. The molecule has 1 atom stereocenters. The largest absolute Gasteiger partial charge is 0.480 e. The molecule has 0 amide bonds. The van der Waals surface area contributed by atoms with Gasteiger partial charge in [0.05, 0.1) is 0 Å². The molecule has 5 nitrogen and oxygen atoms in total. The highest BCUT2D eigenvalue weighted by Crippen LogP contribution is 2.24. The van der Waals surface area contributed by atoms with Crippen molar-refractivity contribution in [3.63, 3.8) is 0 Å². The second-order valence-electron chi connectivity index (χ2n) is 5.88. The highest BCUT2D eigenvalue weighted by molar-refractivity contribution is 5.98. The van der Waals surface area contributed by atoms with Crippen molar-refractivity contribution in [1.29, 1.82) is 0 Å². The summed E-state index contributed by atoms with van der Waals surface area (Å²) < 4.78 is 5.18. The normalized spacial score (nSPS) is 18.9. The van der Waals surface area contributed by atoms with Gasteiger partial charge in [0.25, 0.3) is 0 Å². The zero-order valence-corrected chi connectivity index (χ0v) is 11.6. The van der Waals surface area contributed by atoms with Crippen LogP contribution in [0.25, 0.3) is 0 Å². The fourth-order valence-electron chi connectivity index (χ4n) is 2.32. The van der Waals surface area contributed by atoms with Crippen LogP contribution in [0.1, 0.15) is 46.5 Å². The maximum absolute atomic E-state index is 12.0. The van der Waals surface area contributed by atoms with Crippen molar-refractivity contribution in [1.82, 2.24) is 4.90 Å². The number of nitrogens with zero attached hydrogens (tertiary/aromatic N) is 1. The molecule has 0 aromatic carbocycles. The van der Waals surface area contributed by atoms with E-state index < -0.39 is 23.6 Å². The molecule has 1 rings (SSSR count). The molecule has 104 valence electrons. The van der Waals surface area contributed by atoms with Crippen LogP contribution in [0.5, 0.6) is 0 Å². The Bertz CT molecular complexity index is 315. The van der Waals surface area contributed by atoms with E-state index in [9.17, 15) is 14.7 Å². The molecule has 1 saturated carbocycles. The van der Waals surface area contributed by atoms with Gasteiger partial charge in [-0.05, 0) is 40.7 Å². The predicted octanol–water partition coefficient (Wildman–Crippen LogP) is 1.66. The third kappa shape index (κ3) is 3.98. The number of carboxylic acids is 1. The van der Waals surface area contributed by atoms with Crippen LogP contribution in [0, 0.1) is 0 Å². The van der Waals surface area contributed by atoms with E-state index in [1.165, 1.54) is 0 Å². The standard InChI is InChI=1S/C13H23NO4/c1-13(2,3)18-12(17)10(11(15)16)14(4)9-7-5-6-8-9/h9-10H,5-8H2,1-4H3,(H,15,16). The van der Waals surface area contributed by atoms with Gasteiger partial charge < -0.3 is 9.84 Å². The Labute approximate surface area is 108 Å². The quantitative estimate of drug-likeness (QED) is 0.613. The summed E-state index contributed by atoms with van der Waals surface area (Å²) in [6.07, 6.45) is 4.08. The summed E-state index contributed by atoms with van der Waals surface area (Å²) in [5.41, 5.74) is -0.665. The van der Waals surface area contributed by atoms with Gasteiger partial charge in [0.1, 0.15) is 5.60 Å². The van der Waals surface area contributed by atoms with E-state index in [2.05, 4.69) is 0 Å². The average molecular weight is 257 g/mol. The maximum atomic E-state index is 12.0. The number of carboxylic acid groups (broad SMARTS) is 1. The molecule has 1 unspecified atom stereocenters. The summed E-state index contributed by atoms with van der Waals surface area (Å²) >= 11 is 0. The molecule has 0 aliphatic heterocycles. The number of carbonyl (C=O) groups excluding carboxylic acids is 1. The van der Waals surface area contributed by atoms with Gasteiger partial charge in [-0.3, -0.25) is 4.90 Å². The van der Waals surface area contributed by atoms with Gasteiger partial charge in [-0.25, -0.2) is 9.59 Å². The fraction of sp³-hybridized carbons (Fsp3) is 0.846. The first-order valence-corrected chi connectivity index (χ1v) is 6.40. The number of ether oxygens (including phenoxy) is 1. The third-order valence-electron chi connectivity index (χ3n) is 3.17. The van der Waals surface area contributed by atoms with Crippen LogP contribution in [0.15, 0.2) is 0 Å². The molecule has 0 radical (unpaired) electrons. The molecule has 0 bridgehead atoms. The lowest BCUT2D eigenvalue weighted by atomic mass is 10.1. The number of carbonyl (C=O) groups is 2. The van der Waals surface area contributed by atoms with Crippen LogP contribution in [-0.2, 0) is 14.3 Å². The minimum absolute atomic E-state index is 0.165. The number of likely N-dealkylation sites (N-methyl/N-ethyl adjacent to an activating group) is 1. The van der Waals surface area contributed by atoms with E-state index in [0.29, 0.717) is 0 Å². The lowest BCUT2D eigenvalue weighted by molar-refractivity contribution is -0.169. The molecule has 0 aromatic heterocycles. The molecule has 1 fully saturated rings. The zero-order valence-electron chi connectivity index (χ0n) is 11.6. The lowest BCUT2D eigenvalue weighted by Gasteiger charge is -2.31. The first kappa shape index (κ1) is 15.0.